The van der Waals surface area contributed by atoms with Gasteiger partial charge < -0.3 is 10.2 Å². The van der Waals surface area contributed by atoms with Crippen LogP contribution in [0.4, 0.5) is 4.79 Å². The van der Waals surface area contributed by atoms with E-state index in [1.807, 2.05) is 13.8 Å². The number of fused-ring (bicyclic) bond motifs is 1. The maximum atomic E-state index is 11.3. The first-order chi connectivity index (χ1) is 6.70. The number of hydrogen-bond acceptors (Lipinski definition) is 1. The van der Waals surface area contributed by atoms with E-state index in [9.17, 15) is 4.79 Å². The van der Waals surface area contributed by atoms with Crippen LogP contribution in [0.5, 0.6) is 0 Å². The lowest BCUT2D eigenvalue weighted by atomic mass is 9.97. The molecular formula is C11H20N2O. The van der Waals surface area contributed by atoms with E-state index < -0.39 is 0 Å². The zero-order valence-corrected chi connectivity index (χ0v) is 9.34. The van der Waals surface area contributed by atoms with Crippen LogP contribution >= 0.6 is 0 Å². The van der Waals surface area contributed by atoms with Gasteiger partial charge in [-0.05, 0) is 12.8 Å². The van der Waals surface area contributed by atoms with E-state index in [0.717, 1.165) is 12.1 Å². The molecule has 0 radical (unpaired) electrons. The van der Waals surface area contributed by atoms with E-state index >= 15 is 0 Å². The molecule has 3 nitrogen and oxygen atoms in total. The van der Waals surface area contributed by atoms with Gasteiger partial charge in [0, 0.05) is 24.7 Å². The largest absolute Gasteiger partial charge is 0.334 e. The predicted octanol–water partition coefficient (Wildman–Crippen LogP) is 2.35. The summed E-state index contributed by atoms with van der Waals surface area (Å²) < 4.78 is 0. The molecule has 1 saturated heterocycles. The fraction of sp³-hybridized carbons (Fsp3) is 0.727. The quantitative estimate of drug-likeness (QED) is 0.633. The van der Waals surface area contributed by atoms with Crippen LogP contribution in [0, 0.1) is 5.92 Å². The first kappa shape index (κ1) is 11.1. The Hall–Kier alpha value is -0.990. The maximum absolute atomic E-state index is 11.3. The smallest absolute Gasteiger partial charge is 0.321 e. The van der Waals surface area contributed by atoms with Gasteiger partial charge in [-0.3, -0.25) is 0 Å². The molecule has 2 fully saturated rings. The molecule has 80 valence electrons. The van der Waals surface area contributed by atoms with Crippen molar-refractivity contribution in [1.82, 2.24) is 10.2 Å². The van der Waals surface area contributed by atoms with E-state index in [0.29, 0.717) is 12.0 Å². The van der Waals surface area contributed by atoms with Crippen molar-refractivity contribution in [1.29, 1.82) is 0 Å². The number of nitrogens with zero attached hydrogens (tertiary/aromatic N) is 1. The molecule has 2 amide bonds. The van der Waals surface area contributed by atoms with Crippen LogP contribution < -0.4 is 5.32 Å². The molecule has 0 bridgehead atoms. The standard InChI is InChI=1S/C9H14N2O.C2H6/c1-6-7-4-3-5-8(7)10-9(12)11(6)2;1-2/h7-8H,1,3-5H2,2H3,(H,10,12);1-2H3. The molecule has 0 aromatic carbocycles. The predicted molar refractivity (Wildman–Crippen MR) is 57.9 cm³/mol. The van der Waals surface area contributed by atoms with Gasteiger partial charge in [-0.2, -0.15) is 0 Å². The molecule has 0 aromatic rings. The van der Waals surface area contributed by atoms with Crippen molar-refractivity contribution in [2.75, 3.05) is 7.05 Å². The summed E-state index contributed by atoms with van der Waals surface area (Å²) in [4.78, 5) is 12.9. The Bertz CT molecular complexity index is 237. The van der Waals surface area contributed by atoms with Crippen LogP contribution in [-0.2, 0) is 0 Å². The number of rotatable bonds is 0. The van der Waals surface area contributed by atoms with Crippen LogP contribution in [0.1, 0.15) is 33.1 Å². The first-order valence-corrected chi connectivity index (χ1v) is 5.43. The summed E-state index contributed by atoms with van der Waals surface area (Å²) in [6, 6.07) is 0.365. The van der Waals surface area contributed by atoms with E-state index in [1.54, 1.807) is 11.9 Å². The molecule has 1 aliphatic heterocycles. The van der Waals surface area contributed by atoms with Gasteiger partial charge in [0.05, 0.1) is 0 Å². The molecule has 0 spiro atoms. The third-order valence-electron chi connectivity index (χ3n) is 2.99. The van der Waals surface area contributed by atoms with Crippen LogP contribution in [0.15, 0.2) is 12.3 Å². The van der Waals surface area contributed by atoms with Gasteiger partial charge in [-0.1, -0.05) is 26.8 Å². The van der Waals surface area contributed by atoms with Gasteiger partial charge in [0.25, 0.3) is 0 Å². The molecule has 1 heterocycles. The summed E-state index contributed by atoms with van der Waals surface area (Å²) in [5.74, 6) is 0.493. The Kier molecular flexibility index (Phi) is 3.55. The highest BCUT2D eigenvalue weighted by molar-refractivity contribution is 5.77. The highest BCUT2D eigenvalue weighted by Gasteiger charge is 2.37. The number of carbonyl (C=O) groups is 1. The average molecular weight is 196 g/mol. The Balaban J connectivity index is 0.000000461. The third-order valence-corrected chi connectivity index (χ3v) is 2.99. The molecule has 1 aliphatic carbocycles. The monoisotopic (exact) mass is 196 g/mol. The molecule has 3 heteroatoms. The highest BCUT2D eigenvalue weighted by atomic mass is 16.2. The fourth-order valence-corrected chi connectivity index (χ4v) is 2.17. The van der Waals surface area contributed by atoms with Gasteiger partial charge in [-0.15, -0.1) is 0 Å². The number of carbonyl (C=O) groups excluding carboxylic acids is 1. The lowest BCUT2D eigenvalue weighted by Gasteiger charge is -2.35. The van der Waals surface area contributed by atoms with Gasteiger partial charge >= 0.3 is 6.03 Å². The van der Waals surface area contributed by atoms with E-state index in [1.165, 1.54) is 12.8 Å². The van der Waals surface area contributed by atoms with Crippen LogP contribution in [0.3, 0.4) is 0 Å². The molecule has 14 heavy (non-hydrogen) atoms. The van der Waals surface area contributed by atoms with Crippen LogP contribution in [0.2, 0.25) is 0 Å². The Morgan fingerprint density at radius 3 is 2.71 bits per heavy atom. The van der Waals surface area contributed by atoms with E-state index in [4.69, 9.17) is 0 Å². The fourth-order valence-electron chi connectivity index (χ4n) is 2.17. The van der Waals surface area contributed by atoms with Crippen molar-refractivity contribution < 1.29 is 4.79 Å². The molecule has 1 saturated carbocycles. The Morgan fingerprint density at radius 2 is 2.07 bits per heavy atom. The second-order valence-electron chi connectivity index (χ2n) is 3.64. The van der Waals surface area contributed by atoms with Gasteiger partial charge in [0.1, 0.15) is 0 Å². The molecule has 0 aromatic heterocycles. The highest BCUT2D eigenvalue weighted by Crippen LogP contribution is 2.34. The van der Waals surface area contributed by atoms with Gasteiger partial charge in [-0.25, -0.2) is 4.79 Å². The summed E-state index contributed by atoms with van der Waals surface area (Å²) in [5.41, 5.74) is 0.987. The minimum Gasteiger partial charge on any atom is -0.334 e. The minimum absolute atomic E-state index is 0.00292. The maximum Gasteiger partial charge on any atom is 0.321 e. The molecular weight excluding hydrogens is 176 g/mol. The molecule has 2 aliphatic rings. The average Bonchev–Trinajstić information content (AvgIpc) is 2.65. The normalized spacial score (nSPS) is 30.4. The van der Waals surface area contributed by atoms with Gasteiger partial charge in [0.2, 0.25) is 0 Å². The van der Waals surface area contributed by atoms with Crippen LogP contribution in [-0.4, -0.2) is 24.0 Å². The summed E-state index contributed by atoms with van der Waals surface area (Å²) >= 11 is 0. The van der Waals surface area contributed by atoms with E-state index in [-0.39, 0.29) is 6.03 Å². The molecule has 1 N–H and O–H groups in total. The van der Waals surface area contributed by atoms with Crippen molar-refractivity contribution in [3.8, 4) is 0 Å². The zero-order valence-electron chi connectivity index (χ0n) is 9.34. The second kappa shape index (κ2) is 4.49. The molecule has 2 rings (SSSR count). The summed E-state index contributed by atoms with van der Waals surface area (Å²) in [6.45, 7) is 7.95. The summed E-state index contributed by atoms with van der Waals surface area (Å²) in [6.07, 6.45) is 3.50. The van der Waals surface area contributed by atoms with Crippen molar-refractivity contribution in [3.63, 3.8) is 0 Å². The summed E-state index contributed by atoms with van der Waals surface area (Å²) in [7, 11) is 1.78. The number of hydrogen-bond donors (Lipinski definition) is 1. The lowest BCUT2D eigenvalue weighted by molar-refractivity contribution is 0.193. The number of urea groups is 1. The lowest BCUT2D eigenvalue weighted by Crippen LogP contribution is -2.51. The minimum atomic E-state index is 0.00292. The molecule has 2 atom stereocenters. The zero-order chi connectivity index (χ0) is 10.7. The van der Waals surface area contributed by atoms with Crippen LogP contribution in [0.25, 0.3) is 0 Å². The third kappa shape index (κ3) is 1.76. The van der Waals surface area contributed by atoms with Crippen molar-refractivity contribution in [2.45, 2.75) is 39.2 Å². The van der Waals surface area contributed by atoms with Crippen molar-refractivity contribution >= 4 is 6.03 Å². The second-order valence-corrected chi connectivity index (χ2v) is 3.64. The first-order valence-electron chi connectivity index (χ1n) is 5.43. The van der Waals surface area contributed by atoms with Gasteiger partial charge in [0.15, 0.2) is 0 Å². The number of amides is 2. The summed E-state index contributed by atoms with van der Waals surface area (Å²) in [5, 5.41) is 2.98. The molecule has 2 unspecified atom stereocenters. The van der Waals surface area contributed by atoms with E-state index in [2.05, 4.69) is 11.9 Å². The van der Waals surface area contributed by atoms with Crippen molar-refractivity contribution in [3.05, 3.63) is 12.3 Å². The number of nitrogens with one attached hydrogen (secondary N) is 1. The topological polar surface area (TPSA) is 32.3 Å². The Morgan fingerprint density at radius 1 is 1.43 bits per heavy atom. The van der Waals surface area contributed by atoms with Crippen molar-refractivity contribution in [2.24, 2.45) is 5.92 Å². The Labute approximate surface area is 86.2 Å². The SMILES string of the molecule is C=C1C2CCCC2NC(=O)N1C.CC.